The number of halogens is 1. The molecule has 0 fully saturated rings. The molecule has 160 valence electrons. The number of hydrogen-bond donors (Lipinski definition) is 2. The number of nitrogens with one attached hydrogen (secondary N) is 2. The van der Waals surface area contributed by atoms with Crippen LogP contribution in [-0.2, 0) is 16.0 Å². The summed E-state index contributed by atoms with van der Waals surface area (Å²) < 4.78 is 11.7. The van der Waals surface area contributed by atoms with Gasteiger partial charge in [-0.25, -0.2) is 4.98 Å². The molecule has 0 saturated carbocycles. The van der Waals surface area contributed by atoms with Gasteiger partial charge in [0, 0.05) is 27.8 Å². The molecule has 0 bridgehead atoms. The number of fused-ring (bicyclic) bond motifs is 1. The van der Waals surface area contributed by atoms with Crippen LogP contribution in [-0.4, -0.2) is 35.8 Å². The minimum atomic E-state index is -0.181. The molecule has 1 aliphatic heterocycles. The van der Waals surface area contributed by atoms with Crippen LogP contribution in [0.2, 0.25) is 5.02 Å². The lowest BCUT2D eigenvalue weighted by Gasteiger charge is -2.18. The Morgan fingerprint density at radius 1 is 1.00 bits per heavy atom. The predicted octanol–water partition coefficient (Wildman–Crippen LogP) is 4.48. The van der Waals surface area contributed by atoms with Crippen LogP contribution in [0.1, 0.15) is 5.69 Å². The SMILES string of the molecule is O=C(CSc1nc(CC(=O)Nc2ccc3c(c2)OCCO3)cs1)Nc1ccc(Cl)cc1. The fourth-order valence-electron chi connectivity index (χ4n) is 2.78. The summed E-state index contributed by atoms with van der Waals surface area (Å²) in [5, 5.41) is 8.08. The molecule has 7 nitrogen and oxygen atoms in total. The molecule has 10 heteroatoms. The zero-order chi connectivity index (χ0) is 21.6. The molecule has 2 aromatic carbocycles. The van der Waals surface area contributed by atoms with Gasteiger partial charge in [0.15, 0.2) is 15.8 Å². The molecular weight excluding hydrogens is 458 g/mol. The Kier molecular flexibility index (Phi) is 6.96. The Bertz CT molecular complexity index is 1090. The van der Waals surface area contributed by atoms with E-state index in [9.17, 15) is 9.59 Å². The van der Waals surface area contributed by atoms with Crippen molar-refractivity contribution in [1.82, 2.24) is 4.98 Å². The predicted molar refractivity (Wildman–Crippen MR) is 123 cm³/mol. The standard InChI is InChI=1S/C21H18ClN3O4S2/c22-13-1-3-14(4-2-13)23-20(27)12-31-21-25-16(11-30-21)10-19(26)24-15-5-6-17-18(9-15)29-8-7-28-17/h1-6,9,11H,7-8,10,12H2,(H,23,27)(H,24,26). The smallest absolute Gasteiger partial charge is 0.234 e. The van der Waals surface area contributed by atoms with Crippen LogP contribution in [0.5, 0.6) is 11.5 Å². The number of benzene rings is 2. The van der Waals surface area contributed by atoms with E-state index in [1.807, 2.05) is 5.38 Å². The quantitative estimate of drug-likeness (QED) is 0.490. The average molecular weight is 476 g/mol. The summed E-state index contributed by atoms with van der Waals surface area (Å²) in [6.45, 7) is 1.01. The second-order valence-corrected chi connectivity index (χ2v) is 9.05. The molecule has 0 saturated heterocycles. The average Bonchev–Trinajstić information content (AvgIpc) is 3.21. The number of rotatable bonds is 7. The highest BCUT2D eigenvalue weighted by Crippen LogP contribution is 2.32. The molecule has 0 aliphatic carbocycles. The van der Waals surface area contributed by atoms with E-state index in [0.717, 1.165) is 4.34 Å². The number of carbonyl (C=O) groups is 2. The number of thiazole rings is 1. The highest BCUT2D eigenvalue weighted by atomic mass is 35.5. The molecule has 31 heavy (non-hydrogen) atoms. The number of amides is 2. The minimum Gasteiger partial charge on any atom is -0.486 e. The van der Waals surface area contributed by atoms with Gasteiger partial charge in [-0.15, -0.1) is 11.3 Å². The lowest BCUT2D eigenvalue weighted by atomic mass is 10.2. The number of aromatic nitrogens is 1. The Morgan fingerprint density at radius 3 is 2.52 bits per heavy atom. The van der Waals surface area contributed by atoms with Crippen LogP contribution in [0.25, 0.3) is 0 Å². The van der Waals surface area contributed by atoms with Crippen LogP contribution in [0.4, 0.5) is 11.4 Å². The van der Waals surface area contributed by atoms with Crippen molar-refractivity contribution in [3.63, 3.8) is 0 Å². The van der Waals surface area contributed by atoms with Crippen LogP contribution in [0, 0.1) is 0 Å². The summed E-state index contributed by atoms with van der Waals surface area (Å²) >= 11 is 8.57. The number of hydrogen-bond acceptors (Lipinski definition) is 7. The Labute approximate surface area is 192 Å². The van der Waals surface area contributed by atoms with E-state index in [-0.39, 0.29) is 24.0 Å². The van der Waals surface area contributed by atoms with Crippen LogP contribution in [0.3, 0.4) is 0 Å². The molecule has 1 aromatic heterocycles. The molecule has 0 spiro atoms. The van der Waals surface area contributed by atoms with Crippen molar-refractivity contribution in [2.45, 2.75) is 10.8 Å². The van der Waals surface area contributed by atoms with E-state index >= 15 is 0 Å². The first-order chi connectivity index (χ1) is 15.0. The monoisotopic (exact) mass is 475 g/mol. The topological polar surface area (TPSA) is 89.6 Å². The van der Waals surface area contributed by atoms with Gasteiger partial charge in [0.1, 0.15) is 13.2 Å². The summed E-state index contributed by atoms with van der Waals surface area (Å²) in [7, 11) is 0. The summed E-state index contributed by atoms with van der Waals surface area (Å²) in [5.41, 5.74) is 1.98. The first-order valence-electron chi connectivity index (χ1n) is 9.37. The van der Waals surface area contributed by atoms with Crippen LogP contribution in [0.15, 0.2) is 52.2 Å². The number of thioether (sulfide) groups is 1. The number of carbonyl (C=O) groups excluding carboxylic acids is 2. The molecule has 1 aliphatic rings. The minimum absolute atomic E-state index is 0.138. The molecule has 0 radical (unpaired) electrons. The molecule has 4 rings (SSSR count). The van der Waals surface area contributed by atoms with Gasteiger partial charge in [-0.1, -0.05) is 23.4 Å². The van der Waals surface area contributed by atoms with E-state index in [4.69, 9.17) is 21.1 Å². The third-order valence-electron chi connectivity index (χ3n) is 4.15. The second-order valence-electron chi connectivity index (χ2n) is 6.53. The summed E-state index contributed by atoms with van der Waals surface area (Å²) in [6.07, 6.45) is 0.141. The van der Waals surface area contributed by atoms with Crippen molar-refractivity contribution in [2.24, 2.45) is 0 Å². The van der Waals surface area contributed by atoms with Crippen molar-refractivity contribution in [1.29, 1.82) is 0 Å². The lowest BCUT2D eigenvalue weighted by Crippen LogP contribution is -2.17. The van der Waals surface area contributed by atoms with Gasteiger partial charge in [0.2, 0.25) is 11.8 Å². The van der Waals surface area contributed by atoms with Gasteiger partial charge >= 0.3 is 0 Å². The Morgan fingerprint density at radius 2 is 1.71 bits per heavy atom. The van der Waals surface area contributed by atoms with Crippen molar-refractivity contribution >= 4 is 57.9 Å². The van der Waals surface area contributed by atoms with Gasteiger partial charge in [0.05, 0.1) is 17.9 Å². The Hall–Kier alpha value is -2.75. The molecule has 3 aromatic rings. The van der Waals surface area contributed by atoms with Crippen molar-refractivity contribution < 1.29 is 19.1 Å². The highest BCUT2D eigenvalue weighted by Gasteiger charge is 2.14. The van der Waals surface area contributed by atoms with E-state index in [1.54, 1.807) is 42.5 Å². The summed E-state index contributed by atoms with van der Waals surface area (Å²) in [4.78, 5) is 28.9. The van der Waals surface area contributed by atoms with Crippen LogP contribution < -0.4 is 20.1 Å². The van der Waals surface area contributed by atoms with Gasteiger partial charge in [0.25, 0.3) is 0 Å². The van der Waals surface area contributed by atoms with Crippen LogP contribution >= 0.6 is 34.7 Å². The maximum absolute atomic E-state index is 12.4. The summed E-state index contributed by atoms with van der Waals surface area (Å²) in [6, 6.07) is 12.2. The largest absolute Gasteiger partial charge is 0.486 e. The molecule has 2 amide bonds. The third kappa shape index (κ3) is 6.13. The first-order valence-corrected chi connectivity index (χ1v) is 11.6. The number of nitrogens with zero attached hydrogens (tertiary/aromatic N) is 1. The van der Waals surface area contributed by atoms with Gasteiger partial charge < -0.3 is 20.1 Å². The fourth-order valence-corrected chi connectivity index (χ4v) is 4.55. The fraction of sp³-hybridized carbons (Fsp3) is 0.190. The second kappa shape index (κ2) is 10.0. The van der Waals surface area contributed by atoms with E-state index in [0.29, 0.717) is 46.8 Å². The van der Waals surface area contributed by atoms with Crippen molar-refractivity contribution in [2.75, 3.05) is 29.6 Å². The highest BCUT2D eigenvalue weighted by molar-refractivity contribution is 8.01. The molecule has 2 heterocycles. The van der Waals surface area contributed by atoms with Gasteiger partial charge in [-0.2, -0.15) is 0 Å². The van der Waals surface area contributed by atoms with E-state index < -0.39 is 0 Å². The summed E-state index contributed by atoms with van der Waals surface area (Å²) in [5.74, 6) is 1.19. The van der Waals surface area contributed by atoms with E-state index in [2.05, 4.69) is 15.6 Å². The first kappa shape index (κ1) is 21.5. The third-order valence-corrected chi connectivity index (χ3v) is 6.47. The van der Waals surface area contributed by atoms with E-state index in [1.165, 1.54) is 23.1 Å². The maximum atomic E-state index is 12.4. The zero-order valence-corrected chi connectivity index (χ0v) is 18.6. The molecular formula is C21H18ClN3O4S2. The van der Waals surface area contributed by atoms with Crippen molar-refractivity contribution in [3.05, 3.63) is 58.6 Å². The molecule has 0 atom stereocenters. The van der Waals surface area contributed by atoms with Gasteiger partial charge in [-0.3, -0.25) is 9.59 Å². The zero-order valence-electron chi connectivity index (χ0n) is 16.2. The Balaban J connectivity index is 1.25. The molecule has 2 N–H and O–H groups in total. The molecule has 0 unspecified atom stereocenters. The number of anilines is 2. The number of ether oxygens (including phenoxy) is 2. The lowest BCUT2D eigenvalue weighted by molar-refractivity contribution is -0.116. The normalized spacial score (nSPS) is 12.3. The van der Waals surface area contributed by atoms with Crippen molar-refractivity contribution in [3.8, 4) is 11.5 Å². The maximum Gasteiger partial charge on any atom is 0.234 e. The van der Waals surface area contributed by atoms with Gasteiger partial charge in [-0.05, 0) is 36.4 Å².